The highest BCUT2D eigenvalue weighted by Gasteiger charge is 2.26. The topological polar surface area (TPSA) is 100 Å². The molecule has 3 aromatic rings. The number of halogens is 2. The average Bonchev–Trinajstić information content (AvgIpc) is 3.19. The van der Waals surface area contributed by atoms with Crippen LogP contribution in [0.1, 0.15) is 29.2 Å². The van der Waals surface area contributed by atoms with Crippen molar-refractivity contribution >= 4 is 51.2 Å². The highest BCUT2D eigenvalue weighted by molar-refractivity contribution is 9.10. The van der Waals surface area contributed by atoms with Gasteiger partial charge in [0.25, 0.3) is 5.69 Å². The Morgan fingerprint density at radius 2 is 1.89 bits per heavy atom. The summed E-state index contributed by atoms with van der Waals surface area (Å²) in [6, 6.07) is 15.3. The second-order valence-electron chi connectivity index (χ2n) is 7.77. The lowest BCUT2D eigenvalue weighted by molar-refractivity contribution is -0.385. The van der Waals surface area contributed by atoms with Crippen molar-refractivity contribution in [2.45, 2.75) is 20.5 Å². The molecule has 10 heteroatoms. The predicted molar refractivity (Wildman–Crippen MR) is 140 cm³/mol. The van der Waals surface area contributed by atoms with Gasteiger partial charge in [0, 0.05) is 22.2 Å². The minimum atomic E-state index is -0.627. The number of aliphatic imine (C=N–C) groups is 1. The van der Waals surface area contributed by atoms with E-state index in [1.54, 1.807) is 43.3 Å². The Morgan fingerprint density at radius 3 is 2.56 bits per heavy atom. The van der Waals surface area contributed by atoms with Crippen molar-refractivity contribution in [3.05, 3.63) is 102 Å². The van der Waals surface area contributed by atoms with Crippen LogP contribution >= 0.6 is 27.5 Å². The number of ether oxygens (including phenoxy) is 3. The highest BCUT2D eigenvalue weighted by Crippen LogP contribution is 2.38. The molecule has 0 aromatic heterocycles. The van der Waals surface area contributed by atoms with Gasteiger partial charge in [0.05, 0.1) is 16.0 Å². The van der Waals surface area contributed by atoms with Crippen LogP contribution in [0.3, 0.4) is 0 Å². The van der Waals surface area contributed by atoms with Crippen LogP contribution < -0.4 is 9.47 Å². The molecular formula is C26H20BrClN2O6. The molecule has 8 nitrogen and oxygen atoms in total. The van der Waals surface area contributed by atoms with Crippen LogP contribution in [0.15, 0.2) is 69.8 Å². The number of esters is 1. The monoisotopic (exact) mass is 570 g/mol. The molecule has 1 aliphatic heterocycles. The molecule has 36 heavy (non-hydrogen) atoms. The van der Waals surface area contributed by atoms with E-state index in [0.29, 0.717) is 50.9 Å². The van der Waals surface area contributed by atoms with Crippen LogP contribution in [0, 0.1) is 17.0 Å². The van der Waals surface area contributed by atoms with Crippen LogP contribution in [0.25, 0.3) is 6.08 Å². The van der Waals surface area contributed by atoms with Gasteiger partial charge >= 0.3 is 5.97 Å². The Morgan fingerprint density at radius 1 is 1.14 bits per heavy atom. The molecule has 1 aliphatic rings. The molecular weight excluding hydrogens is 552 g/mol. The Bertz CT molecular complexity index is 1400. The molecule has 0 unspecified atom stereocenters. The lowest BCUT2D eigenvalue weighted by Crippen LogP contribution is -2.06. The van der Waals surface area contributed by atoms with E-state index < -0.39 is 10.9 Å². The van der Waals surface area contributed by atoms with Crippen molar-refractivity contribution in [2.24, 2.45) is 4.99 Å². The first-order chi connectivity index (χ1) is 17.2. The fourth-order valence-electron chi connectivity index (χ4n) is 3.49. The first-order valence-electron chi connectivity index (χ1n) is 10.9. The highest BCUT2D eigenvalue weighted by atomic mass is 79.9. The Hall–Kier alpha value is -3.69. The fraction of sp³-hybridized carbons (Fsp3) is 0.154. The quantitative estimate of drug-likeness (QED) is 0.130. The first kappa shape index (κ1) is 25.4. The number of hydrogen-bond acceptors (Lipinski definition) is 7. The van der Waals surface area contributed by atoms with E-state index in [9.17, 15) is 14.9 Å². The Kier molecular flexibility index (Phi) is 7.71. The predicted octanol–water partition coefficient (Wildman–Crippen LogP) is 6.64. The Balaban J connectivity index is 1.60. The summed E-state index contributed by atoms with van der Waals surface area (Å²) in [5.74, 6) is 0.470. The largest absolute Gasteiger partial charge is 0.490 e. The van der Waals surface area contributed by atoms with Gasteiger partial charge in [0.2, 0.25) is 5.90 Å². The third kappa shape index (κ3) is 5.75. The van der Waals surface area contributed by atoms with E-state index in [0.717, 1.165) is 5.56 Å². The van der Waals surface area contributed by atoms with Crippen LogP contribution in [-0.4, -0.2) is 23.4 Å². The van der Waals surface area contributed by atoms with E-state index in [-0.39, 0.29) is 17.3 Å². The number of nitrogens with zero attached hydrogens (tertiary/aromatic N) is 2. The smallest absolute Gasteiger partial charge is 0.363 e. The zero-order valence-electron chi connectivity index (χ0n) is 19.3. The van der Waals surface area contributed by atoms with Crippen molar-refractivity contribution in [3.8, 4) is 11.5 Å². The minimum absolute atomic E-state index is 0.0221. The number of rotatable bonds is 8. The van der Waals surface area contributed by atoms with Gasteiger partial charge in [-0.3, -0.25) is 10.1 Å². The maximum absolute atomic E-state index is 12.5. The third-order valence-electron chi connectivity index (χ3n) is 5.19. The molecule has 0 saturated carbocycles. The van der Waals surface area contributed by atoms with Crippen molar-refractivity contribution in [1.82, 2.24) is 0 Å². The van der Waals surface area contributed by atoms with E-state index in [2.05, 4.69) is 20.9 Å². The van der Waals surface area contributed by atoms with Crippen LogP contribution in [0.5, 0.6) is 11.5 Å². The number of benzene rings is 3. The lowest BCUT2D eigenvalue weighted by atomic mass is 10.1. The van der Waals surface area contributed by atoms with Gasteiger partial charge in [-0.25, -0.2) is 9.79 Å². The van der Waals surface area contributed by atoms with Crippen LogP contribution in [0.4, 0.5) is 5.69 Å². The van der Waals surface area contributed by atoms with Crippen molar-refractivity contribution in [2.75, 3.05) is 6.61 Å². The molecule has 3 aromatic carbocycles. The second kappa shape index (κ2) is 10.9. The van der Waals surface area contributed by atoms with E-state index in [1.807, 2.05) is 19.1 Å². The molecule has 4 rings (SSSR count). The molecule has 184 valence electrons. The molecule has 0 radical (unpaired) electrons. The summed E-state index contributed by atoms with van der Waals surface area (Å²) < 4.78 is 17.7. The third-order valence-corrected chi connectivity index (χ3v) is 6.03. The van der Waals surface area contributed by atoms with Crippen molar-refractivity contribution in [3.63, 3.8) is 0 Å². The zero-order valence-corrected chi connectivity index (χ0v) is 21.6. The second-order valence-corrected chi connectivity index (χ2v) is 9.06. The molecule has 0 fully saturated rings. The van der Waals surface area contributed by atoms with Gasteiger partial charge in [0.15, 0.2) is 17.2 Å². The first-order valence-corrected chi connectivity index (χ1v) is 12.0. The summed E-state index contributed by atoms with van der Waals surface area (Å²) in [7, 11) is 0. The molecule has 0 aliphatic carbocycles. The summed E-state index contributed by atoms with van der Waals surface area (Å²) >= 11 is 9.48. The fourth-order valence-corrected chi connectivity index (χ4v) is 4.19. The average molecular weight is 572 g/mol. The molecule has 0 N–H and O–H groups in total. The van der Waals surface area contributed by atoms with Gasteiger partial charge < -0.3 is 14.2 Å². The molecule has 0 saturated heterocycles. The summed E-state index contributed by atoms with van der Waals surface area (Å²) in [5.41, 5.74) is 2.56. The van der Waals surface area contributed by atoms with Crippen molar-refractivity contribution < 1.29 is 23.9 Å². The lowest BCUT2D eigenvalue weighted by Gasteiger charge is -2.15. The number of nitro benzene ring substituents is 1. The standard InChI is InChI=1S/C26H20BrClN2O6/c1-3-34-23-13-17(11-20(27)24(23)35-14-16-4-7-19(28)8-5-16)12-21-26(31)36-25(29-21)18-6-9-22(30(32)33)15(2)10-18/h4-13H,3,14H2,1-2H3/b21-12-. The maximum Gasteiger partial charge on any atom is 0.363 e. The van der Waals surface area contributed by atoms with Gasteiger partial charge in [-0.2, -0.15) is 0 Å². The molecule has 0 spiro atoms. The van der Waals surface area contributed by atoms with E-state index in [4.69, 9.17) is 25.8 Å². The summed E-state index contributed by atoms with van der Waals surface area (Å²) in [6.07, 6.45) is 1.57. The summed E-state index contributed by atoms with van der Waals surface area (Å²) in [6.45, 7) is 4.19. The molecule has 0 atom stereocenters. The zero-order chi connectivity index (χ0) is 25.8. The van der Waals surface area contributed by atoms with Crippen LogP contribution in [0.2, 0.25) is 5.02 Å². The Labute approximate surface area is 220 Å². The number of cyclic esters (lactones) is 1. The number of carbonyl (C=O) groups excluding carboxylic acids is 1. The normalized spacial score (nSPS) is 13.9. The number of carbonyl (C=O) groups is 1. The van der Waals surface area contributed by atoms with Crippen molar-refractivity contribution in [1.29, 1.82) is 0 Å². The summed E-state index contributed by atoms with van der Waals surface area (Å²) in [4.78, 5) is 27.4. The molecule has 0 amide bonds. The maximum atomic E-state index is 12.5. The van der Waals surface area contributed by atoms with Crippen LogP contribution in [-0.2, 0) is 16.1 Å². The molecule has 1 heterocycles. The number of nitro groups is 1. The van der Waals surface area contributed by atoms with E-state index >= 15 is 0 Å². The minimum Gasteiger partial charge on any atom is -0.490 e. The van der Waals surface area contributed by atoms with E-state index in [1.165, 1.54) is 12.1 Å². The number of hydrogen-bond donors (Lipinski definition) is 0. The summed E-state index contributed by atoms with van der Waals surface area (Å²) in [5, 5.41) is 11.7. The van der Waals surface area contributed by atoms with Gasteiger partial charge in [-0.1, -0.05) is 23.7 Å². The number of aryl methyl sites for hydroxylation is 1. The van der Waals surface area contributed by atoms with Gasteiger partial charge in [-0.15, -0.1) is 0 Å². The van der Waals surface area contributed by atoms with Gasteiger partial charge in [0.1, 0.15) is 6.61 Å². The SMILES string of the molecule is CCOc1cc(/C=C2\N=C(c3ccc([N+](=O)[O-])c(C)c3)OC2=O)cc(Br)c1OCc1ccc(Cl)cc1. The van der Waals surface area contributed by atoms with Gasteiger partial charge in [-0.05, 0) is 83.4 Å². The molecule has 0 bridgehead atoms.